The Hall–Kier alpha value is -2.65. The van der Waals surface area contributed by atoms with Gasteiger partial charge < -0.3 is 15.3 Å². The number of nitrogens with zero attached hydrogens (tertiary/aromatic N) is 4. The van der Waals surface area contributed by atoms with Crippen LogP contribution in [0.4, 0.5) is 10.3 Å². The minimum Gasteiger partial charge on any atom is -0.391 e. The summed E-state index contributed by atoms with van der Waals surface area (Å²) < 4.78 is 14.2. The largest absolute Gasteiger partial charge is 0.391 e. The number of carbonyl (C=O) groups is 1. The van der Waals surface area contributed by atoms with Gasteiger partial charge in [-0.25, -0.2) is 14.4 Å². The lowest BCUT2D eigenvalue weighted by molar-refractivity contribution is 0.0761. The molecule has 0 unspecified atom stereocenters. The highest BCUT2D eigenvalue weighted by Gasteiger charge is 2.28. The van der Waals surface area contributed by atoms with E-state index < -0.39 is 11.9 Å². The standard InChI is InChI=1S/C19H20FN5O2S/c1-10-5-15-17(28-10)16(18(27)25-4-3-14(26)9-25)24-19(23-15)22-11(2)12-6-13(20)8-21-7-12/h5-8,11,14,26H,3-4,9H2,1-2H3,(H,22,23,24)/t11-,14-/m0/s1. The van der Waals surface area contributed by atoms with Gasteiger partial charge in [0.15, 0.2) is 5.69 Å². The van der Waals surface area contributed by atoms with Gasteiger partial charge in [-0.1, -0.05) is 0 Å². The van der Waals surface area contributed by atoms with Gasteiger partial charge in [0.25, 0.3) is 5.91 Å². The molecule has 1 saturated heterocycles. The van der Waals surface area contributed by atoms with Gasteiger partial charge >= 0.3 is 0 Å². The monoisotopic (exact) mass is 401 g/mol. The molecule has 1 aliphatic rings. The number of fused-ring (bicyclic) bond motifs is 1. The van der Waals surface area contributed by atoms with Crippen LogP contribution in [0.15, 0.2) is 24.5 Å². The second-order valence-electron chi connectivity index (χ2n) is 6.96. The molecule has 146 valence electrons. The number of pyridine rings is 1. The third kappa shape index (κ3) is 3.67. The van der Waals surface area contributed by atoms with Gasteiger partial charge in [-0.05, 0) is 38.0 Å². The van der Waals surface area contributed by atoms with Gasteiger partial charge in [-0.2, -0.15) is 0 Å². The average molecular weight is 401 g/mol. The molecule has 3 aromatic heterocycles. The molecule has 1 fully saturated rings. The summed E-state index contributed by atoms with van der Waals surface area (Å²) >= 11 is 1.47. The van der Waals surface area contributed by atoms with Crippen molar-refractivity contribution in [3.63, 3.8) is 0 Å². The molecule has 4 rings (SSSR count). The summed E-state index contributed by atoms with van der Waals surface area (Å²) in [7, 11) is 0. The molecule has 0 bridgehead atoms. The highest BCUT2D eigenvalue weighted by molar-refractivity contribution is 7.19. The van der Waals surface area contributed by atoms with Crippen molar-refractivity contribution in [2.75, 3.05) is 18.4 Å². The van der Waals surface area contributed by atoms with E-state index in [1.165, 1.54) is 17.4 Å². The van der Waals surface area contributed by atoms with Crippen molar-refractivity contribution in [2.45, 2.75) is 32.4 Å². The van der Waals surface area contributed by atoms with Crippen molar-refractivity contribution in [1.29, 1.82) is 0 Å². The zero-order valence-electron chi connectivity index (χ0n) is 15.5. The lowest BCUT2D eigenvalue weighted by Gasteiger charge is -2.17. The Balaban J connectivity index is 1.68. The third-order valence-electron chi connectivity index (χ3n) is 4.72. The van der Waals surface area contributed by atoms with Crippen LogP contribution in [0.3, 0.4) is 0 Å². The van der Waals surface area contributed by atoms with Gasteiger partial charge in [0.2, 0.25) is 5.95 Å². The Bertz CT molecular complexity index is 1040. The molecule has 2 atom stereocenters. The van der Waals surface area contributed by atoms with Crippen LogP contribution in [0.25, 0.3) is 10.2 Å². The van der Waals surface area contributed by atoms with Gasteiger partial charge in [0.1, 0.15) is 5.82 Å². The molecule has 7 nitrogen and oxygen atoms in total. The SMILES string of the molecule is Cc1cc2nc(N[C@@H](C)c3cncc(F)c3)nc(C(=O)N3CC[C@H](O)C3)c2s1. The highest BCUT2D eigenvalue weighted by Crippen LogP contribution is 2.29. The molecule has 0 aliphatic carbocycles. The van der Waals surface area contributed by atoms with Gasteiger partial charge in [-0.3, -0.25) is 9.78 Å². The van der Waals surface area contributed by atoms with Gasteiger partial charge in [0, 0.05) is 24.2 Å². The number of β-amino-alcohol motifs (C(OH)–C–C–N with tert-alkyl or cyclic N) is 1. The Morgan fingerprint density at radius 2 is 2.21 bits per heavy atom. The van der Waals surface area contributed by atoms with E-state index in [4.69, 9.17) is 0 Å². The maximum atomic E-state index is 13.5. The molecule has 28 heavy (non-hydrogen) atoms. The molecule has 0 radical (unpaired) electrons. The molecule has 9 heteroatoms. The predicted molar refractivity (Wildman–Crippen MR) is 105 cm³/mol. The number of anilines is 1. The Labute approximate surface area is 165 Å². The summed E-state index contributed by atoms with van der Waals surface area (Å²) in [5.41, 5.74) is 1.66. The number of aryl methyl sites for hydroxylation is 1. The van der Waals surface area contributed by atoms with E-state index in [2.05, 4.69) is 20.3 Å². The lowest BCUT2D eigenvalue weighted by Crippen LogP contribution is -2.30. The Morgan fingerprint density at radius 1 is 1.39 bits per heavy atom. The molecule has 2 N–H and O–H groups in total. The number of hydrogen-bond donors (Lipinski definition) is 2. The second-order valence-corrected chi connectivity index (χ2v) is 8.22. The number of nitrogens with one attached hydrogen (secondary N) is 1. The zero-order chi connectivity index (χ0) is 19.8. The Kier molecular flexibility index (Phi) is 4.94. The first-order valence-electron chi connectivity index (χ1n) is 9.03. The van der Waals surface area contributed by atoms with E-state index in [-0.39, 0.29) is 11.9 Å². The first kappa shape index (κ1) is 18.7. The zero-order valence-corrected chi connectivity index (χ0v) is 16.3. The van der Waals surface area contributed by atoms with Crippen LogP contribution in [0.2, 0.25) is 0 Å². The Morgan fingerprint density at radius 3 is 2.93 bits per heavy atom. The molecular weight excluding hydrogens is 381 g/mol. The van der Waals surface area contributed by atoms with Gasteiger partial charge in [0.05, 0.1) is 28.6 Å². The molecule has 0 saturated carbocycles. The van der Waals surface area contributed by atoms with Crippen molar-refractivity contribution in [3.05, 3.63) is 46.5 Å². The number of halogens is 1. The molecule has 0 aromatic carbocycles. The van der Waals surface area contributed by atoms with Crippen LogP contribution in [-0.4, -0.2) is 50.1 Å². The number of hydrogen-bond acceptors (Lipinski definition) is 7. The van der Waals surface area contributed by atoms with E-state index in [0.717, 1.165) is 15.8 Å². The third-order valence-corrected chi connectivity index (χ3v) is 5.77. The summed E-state index contributed by atoms with van der Waals surface area (Å²) in [4.78, 5) is 28.5. The van der Waals surface area contributed by atoms with Crippen molar-refractivity contribution < 1.29 is 14.3 Å². The lowest BCUT2D eigenvalue weighted by atomic mass is 10.1. The topological polar surface area (TPSA) is 91.2 Å². The molecule has 4 heterocycles. The van der Waals surface area contributed by atoms with Crippen LogP contribution in [0.1, 0.15) is 40.3 Å². The number of aliphatic hydroxyl groups excluding tert-OH is 1. The summed E-state index contributed by atoms with van der Waals surface area (Å²) in [6.45, 7) is 4.61. The first-order valence-corrected chi connectivity index (χ1v) is 9.85. The number of thiophene rings is 1. The number of rotatable bonds is 4. The van der Waals surface area contributed by atoms with Crippen molar-refractivity contribution >= 4 is 33.4 Å². The molecule has 3 aromatic rings. The normalized spacial score (nSPS) is 17.9. The fourth-order valence-corrected chi connectivity index (χ4v) is 4.21. The molecule has 0 spiro atoms. The van der Waals surface area contributed by atoms with E-state index in [9.17, 15) is 14.3 Å². The van der Waals surface area contributed by atoms with Crippen LogP contribution in [0, 0.1) is 12.7 Å². The fourth-order valence-electron chi connectivity index (χ4n) is 3.28. The number of aromatic nitrogens is 3. The summed E-state index contributed by atoms with van der Waals surface area (Å²) in [5, 5.41) is 12.9. The van der Waals surface area contributed by atoms with E-state index in [1.807, 2.05) is 19.9 Å². The summed E-state index contributed by atoms with van der Waals surface area (Å²) in [5.74, 6) is -0.335. The van der Waals surface area contributed by atoms with E-state index >= 15 is 0 Å². The smallest absolute Gasteiger partial charge is 0.274 e. The van der Waals surface area contributed by atoms with Crippen LogP contribution < -0.4 is 5.32 Å². The maximum absolute atomic E-state index is 13.5. The highest BCUT2D eigenvalue weighted by atomic mass is 32.1. The van der Waals surface area contributed by atoms with Crippen LogP contribution in [0.5, 0.6) is 0 Å². The number of aliphatic hydroxyl groups is 1. The van der Waals surface area contributed by atoms with Crippen LogP contribution >= 0.6 is 11.3 Å². The minimum absolute atomic E-state index is 0.214. The van der Waals surface area contributed by atoms with Crippen molar-refractivity contribution in [1.82, 2.24) is 19.9 Å². The van der Waals surface area contributed by atoms with E-state index in [1.54, 1.807) is 11.1 Å². The summed E-state index contributed by atoms with van der Waals surface area (Å²) in [6, 6.07) is 3.02. The van der Waals surface area contributed by atoms with Crippen molar-refractivity contribution in [2.24, 2.45) is 0 Å². The molecule has 1 aliphatic heterocycles. The quantitative estimate of drug-likeness (QED) is 0.699. The van der Waals surface area contributed by atoms with Crippen LogP contribution in [-0.2, 0) is 0 Å². The average Bonchev–Trinajstić information content (AvgIpc) is 3.25. The minimum atomic E-state index is -0.496. The fraction of sp³-hybridized carbons (Fsp3) is 0.368. The first-order chi connectivity index (χ1) is 13.4. The summed E-state index contributed by atoms with van der Waals surface area (Å²) in [6.07, 6.45) is 2.79. The van der Waals surface area contributed by atoms with Crippen molar-refractivity contribution in [3.8, 4) is 0 Å². The van der Waals surface area contributed by atoms with E-state index in [0.29, 0.717) is 42.2 Å². The van der Waals surface area contributed by atoms with Gasteiger partial charge in [-0.15, -0.1) is 11.3 Å². The maximum Gasteiger partial charge on any atom is 0.274 e. The predicted octanol–water partition coefficient (Wildman–Crippen LogP) is 2.91. The number of carbonyl (C=O) groups excluding carboxylic acids is 1. The molecule has 1 amide bonds. The molecular formula is C19H20FN5O2S. The second kappa shape index (κ2) is 7.40. The number of amides is 1. The number of likely N-dealkylation sites (tertiary alicyclic amines) is 1.